The van der Waals surface area contributed by atoms with E-state index in [1.807, 2.05) is 13.8 Å². The van der Waals surface area contributed by atoms with Crippen LogP contribution in [-0.2, 0) is 15.3 Å². The van der Waals surface area contributed by atoms with Gasteiger partial charge in [-0.15, -0.1) is 0 Å². The van der Waals surface area contributed by atoms with Gasteiger partial charge in [0.1, 0.15) is 15.6 Å². The van der Waals surface area contributed by atoms with E-state index in [0.717, 1.165) is 5.56 Å². The molecule has 0 atom stereocenters. The summed E-state index contributed by atoms with van der Waals surface area (Å²) in [5.74, 6) is 0.291. The molecule has 0 spiro atoms. The summed E-state index contributed by atoms with van der Waals surface area (Å²) in [6.07, 6.45) is 1.23. The molecular weight excluding hydrogens is 212 g/mol. The van der Waals surface area contributed by atoms with Gasteiger partial charge in [-0.25, -0.2) is 8.42 Å². The van der Waals surface area contributed by atoms with Crippen LogP contribution >= 0.6 is 0 Å². The topological polar surface area (TPSA) is 54.4 Å². The molecule has 0 fully saturated rings. The zero-order valence-corrected chi connectivity index (χ0v) is 10.0. The summed E-state index contributed by atoms with van der Waals surface area (Å²) < 4.78 is 22.5. The molecule has 1 rings (SSSR count). The van der Waals surface area contributed by atoms with Crippen molar-refractivity contribution in [2.24, 2.45) is 0 Å². The molecule has 15 heavy (non-hydrogen) atoms. The average molecular weight is 228 g/mol. The normalized spacial score (nSPS) is 12.7. The van der Waals surface area contributed by atoms with Crippen molar-refractivity contribution in [1.29, 1.82) is 0 Å². The Bertz CT molecular complexity index is 429. The number of phenols is 1. The standard InChI is InChI=1S/C11H16O3S/c1-11(2,8-15(3,13)14)9-4-6-10(12)7-5-9/h4-7,12H,8H2,1-3H3. The summed E-state index contributed by atoms with van der Waals surface area (Å²) >= 11 is 0. The van der Waals surface area contributed by atoms with Crippen LogP contribution in [0.3, 0.4) is 0 Å². The molecule has 84 valence electrons. The molecule has 1 aromatic carbocycles. The summed E-state index contributed by atoms with van der Waals surface area (Å²) in [6, 6.07) is 6.64. The van der Waals surface area contributed by atoms with Crippen molar-refractivity contribution in [3.63, 3.8) is 0 Å². The molecule has 0 radical (unpaired) electrons. The molecule has 0 aliphatic heterocycles. The molecule has 1 N–H and O–H groups in total. The zero-order valence-electron chi connectivity index (χ0n) is 9.19. The van der Waals surface area contributed by atoms with Crippen molar-refractivity contribution < 1.29 is 13.5 Å². The molecule has 0 unspecified atom stereocenters. The number of hydrogen-bond donors (Lipinski definition) is 1. The van der Waals surface area contributed by atoms with Gasteiger partial charge in [-0.3, -0.25) is 0 Å². The molecule has 3 nitrogen and oxygen atoms in total. The number of benzene rings is 1. The summed E-state index contributed by atoms with van der Waals surface area (Å²) in [6.45, 7) is 3.75. The molecule has 0 saturated heterocycles. The van der Waals surface area contributed by atoms with Crippen molar-refractivity contribution in [2.75, 3.05) is 12.0 Å². The fourth-order valence-corrected chi connectivity index (χ4v) is 3.13. The molecule has 1 aromatic rings. The molecule has 0 aliphatic rings. The van der Waals surface area contributed by atoms with E-state index in [1.54, 1.807) is 24.3 Å². The minimum absolute atomic E-state index is 0.102. The highest BCUT2D eigenvalue weighted by molar-refractivity contribution is 7.90. The van der Waals surface area contributed by atoms with E-state index in [0.29, 0.717) is 0 Å². The van der Waals surface area contributed by atoms with Gasteiger partial charge < -0.3 is 5.11 Å². The summed E-state index contributed by atoms with van der Waals surface area (Å²) in [5.41, 5.74) is 0.479. The van der Waals surface area contributed by atoms with Crippen LogP contribution in [0.4, 0.5) is 0 Å². The van der Waals surface area contributed by atoms with Crippen molar-refractivity contribution >= 4 is 9.84 Å². The maximum absolute atomic E-state index is 11.2. The van der Waals surface area contributed by atoms with Gasteiger partial charge in [-0.1, -0.05) is 26.0 Å². The number of aromatic hydroxyl groups is 1. The Morgan fingerprint density at radius 2 is 1.67 bits per heavy atom. The van der Waals surface area contributed by atoms with Crippen molar-refractivity contribution in [3.8, 4) is 5.75 Å². The van der Waals surface area contributed by atoms with E-state index in [1.165, 1.54) is 6.26 Å². The molecule has 0 heterocycles. The van der Waals surface area contributed by atoms with Crippen LogP contribution < -0.4 is 0 Å². The molecular formula is C11H16O3S. The first-order chi connectivity index (χ1) is 6.71. The van der Waals surface area contributed by atoms with Gasteiger partial charge in [0.05, 0.1) is 5.75 Å². The smallest absolute Gasteiger partial charge is 0.148 e. The molecule has 0 amide bonds. The van der Waals surface area contributed by atoms with Gasteiger partial charge in [0.25, 0.3) is 0 Å². The molecule has 4 heteroatoms. The Morgan fingerprint density at radius 3 is 2.07 bits per heavy atom. The van der Waals surface area contributed by atoms with Gasteiger partial charge in [-0.05, 0) is 17.7 Å². The fraction of sp³-hybridized carbons (Fsp3) is 0.455. The van der Waals surface area contributed by atoms with E-state index < -0.39 is 15.3 Å². The van der Waals surface area contributed by atoms with Crippen LogP contribution in [0.2, 0.25) is 0 Å². The maximum Gasteiger partial charge on any atom is 0.148 e. The van der Waals surface area contributed by atoms with Crippen LogP contribution in [0.1, 0.15) is 19.4 Å². The predicted octanol–water partition coefficient (Wildman–Crippen LogP) is 1.71. The zero-order chi connectivity index (χ0) is 11.7. The Kier molecular flexibility index (Phi) is 3.09. The minimum Gasteiger partial charge on any atom is -0.508 e. The van der Waals surface area contributed by atoms with Crippen LogP contribution in [0.5, 0.6) is 5.75 Å². The van der Waals surface area contributed by atoms with Crippen molar-refractivity contribution in [3.05, 3.63) is 29.8 Å². The Morgan fingerprint density at radius 1 is 1.20 bits per heavy atom. The summed E-state index contributed by atoms with van der Waals surface area (Å²) in [5, 5.41) is 9.14. The monoisotopic (exact) mass is 228 g/mol. The van der Waals surface area contributed by atoms with Crippen molar-refractivity contribution in [2.45, 2.75) is 19.3 Å². The van der Waals surface area contributed by atoms with Crippen LogP contribution in [0.25, 0.3) is 0 Å². The first-order valence-corrected chi connectivity index (χ1v) is 6.74. The average Bonchev–Trinajstić information content (AvgIpc) is 2.00. The molecule has 0 saturated carbocycles. The lowest BCUT2D eigenvalue weighted by Gasteiger charge is -2.24. The quantitative estimate of drug-likeness (QED) is 0.857. The molecule has 0 bridgehead atoms. The fourth-order valence-electron chi connectivity index (χ4n) is 1.65. The highest BCUT2D eigenvalue weighted by atomic mass is 32.2. The van der Waals surface area contributed by atoms with E-state index in [2.05, 4.69) is 0 Å². The predicted molar refractivity (Wildman–Crippen MR) is 60.8 cm³/mol. The lowest BCUT2D eigenvalue weighted by atomic mass is 9.87. The second kappa shape index (κ2) is 3.85. The van der Waals surface area contributed by atoms with E-state index >= 15 is 0 Å². The first-order valence-electron chi connectivity index (χ1n) is 4.68. The second-order valence-corrected chi connectivity index (χ2v) is 6.64. The lowest BCUT2D eigenvalue weighted by Crippen LogP contribution is -2.27. The second-order valence-electron chi connectivity index (χ2n) is 4.50. The van der Waals surface area contributed by atoms with E-state index in [4.69, 9.17) is 5.11 Å². The van der Waals surface area contributed by atoms with Gasteiger partial charge >= 0.3 is 0 Å². The van der Waals surface area contributed by atoms with Crippen LogP contribution in [0, 0.1) is 0 Å². The minimum atomic E-state index is -3.00. The maximum atomic E-state index is 11.2. The third-order valence-electron chi connectivity index (χ3n) is 2.27. The number of hydrogen-bond acceptors (Lipinski definition) is 3. The van der Waals surface area contributed by atoms with Crippen LogP contribution in [0.15, 0.2) is 24.3 Å². The van der Waals surface area contributed by atoms with Gasteiger partial charge in [0.2, 0.25) is 0 Å². The molecule has 0 aromatic heterocycles. The Balaban J connectivity index is 3.00. The number of rotatable bonds is 3. The van der Waals surface area contributed by atoms with Gasteiger partial charge in [-0.2, -0.15) is 0 Å². The van der Waals surface area contributed by atoms with Gasteiger partial charge in [0, 0.05) is 11.7 Å². The number of sulfone groups is 1. The summed E-state index contributed by atoms with van der Waals surface area (Å²) in [4.78, 5) is 0. The van der Waals surface area contributed by atoms with E-state index in [-0.39, 0.29) is 11.5 Å². The number of phenolic OH excluding ortho intramolecular Hbond substituents is 1. The van der Waals surface area contributed by atoms with Gasteiger partial charge in [0.15, 0.2) is 0 Å². The molecule has 0 aliphatic carbocycles. The lowest BCUT2D eigenvalue weighted by molar-refractivity contribution is 0.474. The first kappa shape index (κ1) is 12.0. The van der Waals surface area contributed by atoms with E-state index in [9.17, 15) is 8.42 Å². The highest BCUT2D eigenvalue weighted by Gasteiger charge is 2.25. The SMILES string of the molecule is CC(C)(CS(C)(=O)=O)c1ccc(O)cc1. The summed E-state index contributed by atoms with van der Waals surface area (Å²) in [7, 11) is -3.00. The Labute approximate surface area is 90.7 Å². The van der Waals surface area contributed by atoms with Crippen LogP contribution in [-0.4, -0.2) is 25.5 Å². The third-order valence-corrected chi connectivity index (χ3v) is 3.52. The third kappa shape index (κ3) is 3.55. The largest absolute Gasteiger partial charge is 0.508 e. The highest BCUT2D eigenvalue weighted by Crippen LogP contribution is 2.26. The van der Waals surface area contributed by atoms with Crippen molar-refractivity contribution in [1.82, 2.24) is 0 Å². The Hall–Kier alpha value is -1.03.